The predicted octanol–water partition coefficient (Wildman–Crippen LogP) is 1.47. The van der Waals surface area contributed by atoms with Gasteiger partial charge in [0.15, 0.2) is 5.76 Å². The molecule has 2 aliphatic heterocycles. The molecule has 0 atom stereocenters. The van der Waals surface area contributed by atoms with Gasteiger partial charge in [-0.05, 0) is 42.8 Å². The molecule has 2 aliphatic rings. The van der Waals surface area contributed by atoms with Crippen molar-refractivity contribution in [1.29, 1.82) is 0 Å². The Morgan fingerprint density at radius 1 is 0.900 bits per heavy atom. The second-order valence-corrected chi connectivity index (χ2v) is 9.08. The lowest BCUT2D eigenvalue weighted by molar-refractivity contribution is -0.129. The van der Waals surface area contributed by atoms with Crippen molar-refractivity contribution in [2.75, 3.05) is 31.1 Å². The number of amides is 3. The Kier molecular flexibility index (Phi) is 5.44. The molecule has 30 heavy (non-hydrogen) atoms. The first kappa shape index (κ1) is 20.3. The molecule has 0 aliphatic carbocycles. The van der Waals surface area contributed by atoms with E-state index in [4.69, 9.17) is 4.42 Å². The maximum Gasteiger partial charge on any atom is 0.289 e. The second-order valence-electron chi connectivity index (χ2n) is 7.14. The molecule has 1 aromatic carbocycles. The number of rotatable bonds is 4. The van der Waals surface area contributed by atoms with Gasteiger partial charge in [-0.25, -0.2) is 8.42 Å². The summed E-state index contributed by atoms with van der Waals surface area (Å²) in [7, 11) is -3.76. The minimum Gasteiger partial charge on any atom is -0.459 e. The second kappa shape index (κ2) is 8.04. The number of benzene rings is 1. The Hall–Kier alpha value is -2.98. The molecule has 0 N–H and O–H groups in total. The first-order chi connectivity index (χ1) is 14.4. The molecule has 4 rings (SSSR count). The van der Waals surface area contributed by atoms with E-state index in [0.717, 1.165) is 4.90 Å². The minimum absolute atomic E-state index is 0.0777. The zero-order valence-electron chi connectivity index (χ0n) is 16.2. The summed E-state index contributed by atoms with van der Waals surface area (Å²) in [5.41, 5.74) is 0.373. The van der Waals surface area contributed by atoms with Crippen molar-refractivity contribution in [2.24, 2.45) is 0 Å². The number of hydrogen-bond acceptors (Lipinski definition) is 6. The summed E-state index contributed by atoms with van der Waals surface area (Å²) < 4.78 is 32.4. The molecule has 3 heterocycles. The third kappa shape index (κ3) is 3.75. The Bertz CT molecular complexity index is 1040. The molecule has 0 saturated carbocycles. The van der Waals surface area contributed by atoms with Crippen LogP contribution < -0.4 is 4.90 Å². The summed E-state index contributed by atoms with van der Waals surface area (Å²) in [6, 6.07) is 8.96. The van der Waals surface area contributed by atoms with Gasteiger partial charge >= 0.3 is 0 Å². The Labute approximate surface area is 173 Å². The third-order valence-corrected chi connectivity index (χ3v) is 7.18. The van der Waals surface area contributed by atoms with E-state index in [1.54, 1.807) is 17.0 Å². The molecule has 3 amide bonds. The van der Waals surface area contributed by atoms with Gasteiger partial charge in [0.05, 0.1) is 16.8 Å². The van der Waals surface area contributed by atoms with Crippen LogP contribution in [0.15, 0.2) is 52.0 Å². The molecule has 2 fully saturated rings. The number of carbonyl (C=O) groups is 3. The number of furan rings is 1. The van der Waals surface area contributed by atoms with Gasteiger partial charge in [0, 0.05) is 39.0 Å². The zero-order chi connectivity index (χ0) is 21.3. The van der Waals surface area contributed by atoms with Crippen LogP contribution in [0, 0.1) is 0 Å². The predicted molar refractivity (Wildman–Crippen MR) is 106 cm³/mol. The molecule has 9 nitrogen and oxygen atoms in total. The summed E-state index contributed by atoms with van der Waals surface area (Å²) in [6.07, 6.45) is 2.55. The maximum absolute atomic E-state index is 13.0. The highest BCUT2D eigenvalue weighted by atomic mass is 32.2. The van der Waals surface area contributed by atoms with Crippen LogP contribution in [-0.2, 0) is 19.6 Å². The van der Waals surface area contributed by atoms with Crippen molar-refractivity contribution in [3.05, 3.63) is 48.4 Å². The van der Waals surface area contributed by atoms with Crippen molar-refractivity contribution in [3.8, 4) is 0 Å². The van der Waals surface area contributed by atoms with E-state index in [-0.39, 0.29) is 54.6 Å². The van der Waals surface area contributed by atoms with Gasteiger partial charge in [-0.1, -0.05) is 0 Å². The Morgan fingerprint density at radius 2 is 1.53 bits per heavy atom. The van der Waals surface area contributed by atoms with Gasteiger partial charge in [0.1, 0.15) is 0 Å². The van der Waals surface area contributed by atoms with E-state index in [1.165, 1.54) is 34.8 Å². The number of piperazine rings is 1. The van der Waals surface area contributed by atoms with Gasteiger partial charge in [-0.3, -0.25) is 19.3 Å². The van der Waals surface area contributed by atoms with Crippen molar-refractivity contribution in [2.45, 2.75) is 24.2 Å². The van der Waals surface area contributed by atoms with Crippen LogP contribution in [-0.4, -0.2) is 61.5 Å². The number of hydrogen-bond donors (Lipinski definition) is 0. The first-order valence-electron chi connectivity index (χ1n) is 9.67. The topological polar surface area (TPSA) is 108 Å². The normalized spacial score (nSPS) is 18.7. The average Bonchev–Trinajstić information content (AvgIpc) is 3.28. The van der Waals surface area contributed by atoms with Crippen LogP contribution in [0.1, 0.15) is 29.8 Å². The number of piperidine rings is 1. The summed E-state index contributed by atoms with van der Waals surface area (Å²) in [4.78, 5) is 39.2. The highest BCUT2D eigenvalue weighted by Crippen LogP contribution is 2.25. The molecule has 0 spiro atoms. The Morgan fingerprint density at radius 3 is 2.10 bits per heavy atom. The van der Waals surface area contributed by atoms with E-state index in [1.807, 2.05) is 0 Å². The lowest BCUT2D eigenvalue weighted by atomic mass is 10.1. The van der Waals surface area contributed by atoms with Crippen LogP contribution in [0.5, 0.6) is 0 Å². The average molecular weight is 431 g/mol. The fraction of sp³-hybridized carbons (Fsp3) is 0.350. The fourth-order valence-corrected chi connectivity index (χ4v) is 5.07. The maximum atomic E-state index is 13.0. The quantitative estimate of drug-likeness (QED) is 0.679. The standard InChI is InChI=1S/C20H21N3O6S/c24-18-4-1-5-19(25)23(18)15-6-8-16(9-7-15)30(27,28)22-12-10-21(11-13-22)20(26)17-3-2-14-29-17/h2-3,6-9,14H,1,4-5,10-13H2. The van der Waals surface area contributed by atoms with E-state index >= 15 is 0 Å². The van der Waals surface area contributed by atoms with Gasteiger partial charge < -0.3 is 9.32 Å². The van der Waals surface area contributed by atoms with Crippen molar-refractivity contribution in [3.63, 3.8) is 0 Å². The molecule has 0 bridgehead atoms. The van der Waals surface area contributed by atoms with Crippen molar-refractivity contribution in [1.82, 2.24) is 9.21 Å². The summed E-state index contributed by atoms with van der Waals surface area (Å²) in [5, 5.41) is 0. The minimum atomic E-state index is -3.76. The fourth-order valence-electron chi connectivity index (χ4n) is 3.65. The third-order valence-electron chi connectivity index (χ3n) is 5.27. The van der Waals surface area contributed by atoms with E-state index in [2.05, 4.69) is 0 Å². The van der Waals surface area contributed by atoms with Gasteiger partial charge in [-0.15, -0.1) is 0 Å². The number of anilines is 1. The monoisotopic (exact) mass is 431 g/mol. The molecule has 0 unspecified atom stereocenters. The lowest BCUT2D eigenvalue weighted by Gasteiger charge is -2.33. The molecule has 0 radical (unpaired) electrons. The van der Waals surface area contributed by atoms with Gasteiger partial charge in [-0.2, -0.15) is 4.31 Å². The molecular formula is C20H21N3O6S. The smallest absolute Gasteiger partial charge is 0.289 e. The first-order valence-corrected chi connectivity index (χ1v) is 11.1. The molecule has 158 valence electrons. The number of sulfonamides is 1. The number of carbonyl (C=O) groups excluding carboxylic acids is 3. The van der Waals surface area contributed by atoms with Gasteiger partial charge in [0.25, 0.3) is 5.91 Å². The van der Waals surface area contributed by atoms with Crippen LogP contribution in [0.4, 0.5) is 5.69 Å². The number of nitrogens with zero attached hydrogens (tertiary/aromatic N) is 3. The molecule has 1 aromatic heterocycles. The van der Waals surface area contributed by atoms with E-state index in [9.17, 15) is 22.8 Å². The van der Waals surface area contributed by atoms with Gasteiger partial charge in [0.2, 0.25) is 21.8 Å². The molecule has 10 heteroatoms. The van der Waals surface area contributed by atoms with Crippen molar-refractivity contribution < 1.29 is 27.2 Å². The van der Waals surface area contributed by atoms with Crippen LogP contribution in [0.3, 0.4) is 0 Å². The zero-order valence-corrected chi connectivity index (χ0v) is 17.0. The highest BCUT2D eigenvalue weighted by Gasteiger charge is 2.32. The summed E-state index contributed by atoms with van der Waals surface area (Å²) in [6.45, 7) is 0.848. The highest BCUT2D eigenvalue weighted by molar-refractivity contribution is 7.89. The summed E-state index contributed by atoms with van der Waals surface area (Å²) >= 11 is 0. The molecule has 2 saturated heterocycles. The lowest BCUT2D eigenvalue weighted by Crippen LogP contribution is -2.50. The van der Waals surface area contributed by atoms with Crippen LogP contribution >= 0.6 is 0 Å². The Balaban J connectivity index is 1.44. The molecular weight excluding hydrogens is 410 g/mol. The SMILES string of the molecule is O=C(c1ccco1)N1CCN(S(=O)(=O)c2ccc(N3C(=O)CCCC3=O)cc2)CC1. The molecule has 2 aromatic rings. The van der Waals surface area contributed by atoms with Crippen LogP contribution in [0.25, 0.3) is 0 Å². The van der Waals surface area contributed by atoms with Crippen LogP contribution in [0.2, 0.25) is 0 Å². The van der Waals surface area contributed by atoms with E-state index in [0.29, 0.717) is 24.9 Å². The van der Waals surface area contributed by atoms with Crippen molar-refractivity contribution >= 4 is 33.4 Å². The largest absolute Gasteiger partial charge is 0.459 e. The van der Waals surface area contributed by atoms with E-state index < -0.39 is 10.0 Å². The summed E-state index contributed by atoms with van der Waals surface area (Å²) in [5.74, 6) is -0.598. The number of imide groups is 1.